The number of benzene rings is 1. The molecule has 4 rings (SSSR count). The maximum absolute atomic E-state index is 12.8. The molecule has 3 aromatic rings. The first-order valence-corrected chi connectivity index (χ1v) is 9.60. The summed E-state index contributed by atoms with van der Waals surface area (Å²) >= 11 is 0. The van der Waals surface area contributed by atoms with Crippen molar-refractivity contribution in [2.45, 2.75) is 40.2 Å². The second kappa shape index (κ2) is 7.18. The summed E-state index contributed by atoms with van der Waals surface area (Å²) in [7, 11) is 0. The molecule has 1 amide bonds. The second-order valence-electron chi connectivity index (χ2n) is 7.68. The number of carbonyl (C=O) groups is 1. The summed E-state index contributed by atoms with van der Waals surface area (Å²) in [6.07, 6.45) is 3.42. The van der Waals surface area contributed by atoms with Gasteiger partial charge in [-0.25, -0.2) is 4.98 Å². The maximum Gasteiger partial charge on any atom is 0.284 e. The summed E-state index contributed by atoms with van der Waals surface area (Å²) in [5, 5.41) is 8.14. The van der Waals surface area contributed by atoms with Gasteiger partial charge in [0.25, 0.3) is 5.56 Å². The number of hydrogen-bond acceptors (Lipinski definition) is 5. The van der Waals surface area contributed by atoms with Gasteiger partial charge < -0.3 is 4.90 Å². The number of rotatable bonds is 3. The van der Waals surface area contributed by atoms with Crippen LogP contribution in [0.25, 0.3) is 16.9 Å². The lowest BCUT2D eigenvalue weighted by molar-refractivity contribution is -0.133. The first-order valence-electron chi connectivity index (χ1n) is 9.60. The van der Waals surface area contributed by atoms with Gasteiger partial charge in [-0.3, -0.25) is 14.2 Å². The Morgan fingerprint density at radius 1 is 1.18 bits per heavy atom. The van der Waals surface area contributed by atoms with Gasteiger partial charge in [0.05, 0.1) is 5.69 Å². The lowest BCUT2D eigenvalue weighted by Crippen LogP contribution is -2.41. The van der Waals surface area contributed by atoms with E-state index in [1.807, 2.05) is 36.9 Å². The van der Waals surface area contributed by atoms with Crippen LogP contribution in [0.2, 0.25) is 0 Å². The van der Waals surface area contributed by atoms with Gasteiger partial charge in [0.15, 0.2) is 11.2 Å². The highest BCUT2D eigenvalue weighted by Crippen LogP contribution is 2.17. The highest BCUT2D eigenvalue weighted by molar-refractivity contribution is 5.77. The third-order valence-corrected chi connectivity index (χ3v) is 5.61. The fraction of sp³-hybridized carbons (Fsp3) is 0.450. The molecule has 0 aliphatic carbocycles. The summed E-state index contributed by atoms with van der Waals surface area (Å²) in [6, 6.07) is 5.90. The Balaban J connectivity index is 1.62. The first kappa shape index (κ1) is 18.3. The number of aromatic nitrogens is 5. The molecule has 146 valence electrons. The molecule has 1 aliphatic rings. The molecule has 1 fully saturated rings. The van der Waals surface area contributed by atoms with Crippen molar-refractivity contribution in [1.29, 1.82) is 0 Å². The van der Waals surface area contributed by atoms with E-state index in [9.17, 15) is 9.59 Å². The lowest BCUT2D eigenvalue weighted by atomic mass is 9.99. The quantitative estimate of drug-likeness (QED) is 0.692. The number of hydrogen-bond donors (Lipinski definition) is 0. The highest BCUT2D eigenvalue weighted by atomic mass is 16.2. The molecular weight excluding hydrogens is 356 g/mol. The number of nitrogens with zero attached hydrogens (tertiary/aromatic N) is 6. The van der Waals surface area contributed by atoms with Crippen LogP contribution in [0.3, 0.4) is 0 Å². The van der Waals surface area contributed by atoms with E-state index in [2.05, 4.69) is 22.2 Å². The van der Waals surface area contributed by atoms with E-state index in [-0.39, 0.29) is 23.5 Å². The largest absolute Gasteiger partial charge is 0.341 e. The Morgan fingerprint density at radius 2 is 1.93 bits per heavy atom. The van der Waals surface area contributed by atoms with Gasteiger partial charge in [0, 0.05) is 13.1 Å². The van der Waals surface area contributed by atoms with Gasteiger partial charge in [-0.2, -0.15) is 4.68 Å². The maximum atomic E-state index is 12.8. The van der Waals surface area contributed by atoms with Gasteiger partial charge in [-0.1, -0.05) is 18.2 Å². The summed E-state index contributed by atoms with van der Waals surface area (Å²) < 4.78 is 2.88. The molecule has 0 radical (unpaired) electrons. The second-order valence-corrected chi connectivity index (χ2v) is 7.68. The van der Waals surface area contributed by atoms with Crippen molar-refractivity contribution < 1.29 is 4.79 Å². The highest BCUT2D eigenvalue weighted by Gasteiger charge is 2.22. The van der Waals surface area contributed by atoms with Crippen molar-refractivity contribution in [2.24, 2.45) is 5.92 Å². The molecule has 0 unspecified atom stereocenters. The van der Waals surface area contributed by atoms with Crippen molar-refractivity contribution in [3.05, 3.63) is 46.0 Å². The zero-order chi connectivity index (χ0) is 19.8. The molecule has 1 aliphatic heterocycles. The standard InChI is InChI=1S/C20H24N6O2/c1-13-6-8-24(9-7-13)17(27)11-25-12-21-19-18(20(25)28)22-23-26(19)16-5-4-14(2)15(3)10-16/h4-5,10,12-13H,6-9,11H2,1-3H3. The predicted octanol–water partition coefficient (Wildman–Crippen LogP) is 1.85. The molecule has 0 bridgehead atoms. The average Bonchev–Trinajstić information content (AvgIpc) is 3.11. The average molecular weight is 380 g/mol. The van der Waals surface area contributed by atoms with Crippen LogP contribution < -0.4 is 5.56 Å². The molecule has 8 heteroatoms. The number of piperidine rings is 1. The van der Waals surface area contributed by atoms with Gasteiger partial charge in [-0.05, 0) is 55.9 Å². The predicted molar refractivity (Wildman–Crippen MR) is 105 cm³/mol. The fourth-order valence-electron chi connectivity index (χ4n) is 3.49. The summed E-state index contributed by atoms with van der Waals surface area (Å²) in [5.74, 6) is 0.585. The molecule has 0 spiro atoms. The van der Waals surface area contributed by atoms with E-state index >= 15 is 0 Å². The minimum atomic E-state index is -0.348. The van der Waals surface area contributed by atoms with E-state index in [1.165, 1.54) is 16.5 Å². The van der Waals surface area contributed by atoms with Crippen molar-refractivity contribution in [3.8, 4) is 5.69 Å². The van der Waals surface area contributed by atoms with Crippen molar-refractivity contribution >= 4 is 17.1 Å². The number of carbonyl (C=O) groups excluding carboxylic acids is 1. The van der Waals surface area contributed by atoms with Crippen LogP contribution in [0.15, 0.2) is 29.3 Å². The Morgan fingerprint density at radius 3 is 2.64 bits per heavy atom. The smallest absolute Gasteiger partial charge is 0.284 e. The number of aryl methyl sites for hydroxylation is 2. The van der Waals surface area contributed by atoms with Crippen LogP contribution in [0, 0.1) is 19.8 Å². The van der Waals surface area contributed by atoms with E-state index in [0.29, 0.717) is 11.6 Å². The van der Waals surface area contributed by atoms with Crippen LogP contribution in [0.5, 0.6) is 0 Å². The topological polar surface area (TPSA) is 85.9 Å². The fourth-order valence-corrected chi connectivity index (χ4v) is 3.49. The van der Waals surface area contributed by atoms with Gasteiger partial charge in [-0.15, -0.1) is 5.10 Å². The molecule has 1 aromatic carbocycles. The van der Waals surface area contributed by atoms with Crippen molar-refractivity contribution in [1.82, 2.24) is 29.4 Å². The van der Waals surface area contributed by atoms with Crippen molar-refractivity contribution in [3.63, 3.8) is 0 Å². The third kappa shape index (κ3) is 3.30. The Hall–Kier alpha value is -3.03. The normalized spacial score (nSPS) is 15.3. The number of likely N-dealkylation sites (tertiary alicyclic amines) is 1. The summed E-state index contributed by atoms with van der Waals surface area (Å²) in [6.45, 7) is 7.72. The minimum Gasteiger partial charge on any atom is -0.341 e. The van der Waals surface area contributed by atoms with Crippen LogP contribution in [-0.4, -0.2) is 48.4 Å². The molecule has 0 atom stereocenters. The van der Waals surface area contributed by atoms with Crippen LogP contribution >= 0.6 is 0 Å². The SMILES string of the molecule is Cc1ccc(-n2nnc3c(=O)n(CC(=O)N4CCC(C)CC4)cnc32)cc1C. The Bertz CT molecular complexity index is 1090. The zero-order valence-electron chi connectivity index (χ0n) is 16.4. The first-order chi connectivity index (χ1) is 13.4. The van der Waals surface area contributed by atoms with Gasteiger partial charge in [0.2, 0.25) is 5.91 Å². The monoisotopic (exact) mass is 380 g/mol. The van der Waals surface area contributed by atoms with E-state index in [4.69, 9.17) is 0 Å². The minimum absolute atomic E-state index is 0.0212. The molecular formula is C20H24N6O2. The number of amides is 1. The summed E-state index contributed by atoms with van der Waals surface area (Å²) in [5.41, 5.74) is 3.31. The van der Waals surface area contributed by atoms with Crippen LogP contribution in [0.1, 0.15) is 30.9 Å². The van der Waals surface area contributed by atoms with E-state index < -0.39 is 0 Å². The molecule has 2 aromatic heterocycles. The molecule has 0 saturated carbocycles. The molecule has 28 heavy (non-hydrogen) atoms. The van der Waals surface area contributed by atoms with Gasteiger partial charge in [0.1, 0.15) is 12.9 Å². The third-order valence-electron chi connectivity index (χ3n) is 5.61. The number of fused-ring (bicyclic) bond motifs is 1. The van der Waals surface area contributed by atoms with Gasteiger partial charge >= 0.3 is 0 Å². The summed E-state index contributed by atoms with van der Waals surface area (Å²) in [4.78, 5) is 31.5. The molecule has 3 heterocycles. The zero-order valence-corrected chi connectivity index (χ0v) is 16.4. The van der Waals surface area contributed by atoms with Crippen LogP contribution in [-0.2, 0) is 11.3 Å². The molecule has 8 nitrogen and oxygen atoms in total. The van der Waals surface area contributed by atoms with E-state index in [0.717, 1.165) is 37.2 Å². The molecule has 1 saturated heterocycles. The lowest BCUT2D eigenvalue weighted by Gasteiger charge is -2.30. The Kier molecular flexibility index (Phi) is 4.70. The molecule has 0 N–H and O–H groups in total. The van der Waals surface area contributed by atoms with Crippen molar-refractivity contribution in [2.75, 3.05) is 13.1 Å². The van der Waals surface area contributed by atoms with E-state index in [1.54, 1.807) is 4.68 Å². The van der Waals surface area contributed by atoms with Crippen LogP contribution in [0.4, 0.5) is 0 Å². The Labute approximate surface area is 162 Å².